The number of aliphatic hydroxyl groups excluding tert-OH is 1. The maximum Gasteiger partial charge on any atom is 0.0791 e. The maximum atomic E-state index is 10.3. The number of nitrogens with zero attached hydrogens (tertiary/aromatic N) is 1. The van der Waals surface area contributed by atoms with Crippen molar-refractivity contribution in [1.82, 2.24) is 10.2 Å². The van der Waals surface area contributed by atoms with Gasteiger partial charge in [-0.05, 0) is 12.0 Å². The monoisotopic (exact) mass is 320 g/mol. The molecule has 0 saturated carbocycles. The van der Waals surface area contributed by atoms with E-state index in [1.165, 1.54) is 5.56 Å². The average molecular weight is 320 g/mol. The third kappa shape index (κ3) is 5.28. The smallest absolute Gasteiger partial charge is 0.0791 e. The zero-order valence-electron chi connectivity index (χ0n) is 14.8. The summed E-state index contributed by atoms with van der Waals surface area (Å²) in [4.78, 5) is 2.28. The molecule has 0 aliphatic carbocycles. The largest absolute Gasteiger partial charge is 0.390 e. The zero-order chi connectivity index (χ0) is 16.7. The third-order valence-electron chi connectivity index (χ3n) is 4.97. The van der Waals surface area contributed by atoms with Crippen molar-refractivity contribution in [2.75, 3.05) is 39.4 Å². The summed E-state index contributed by atoms with van der Waals surface area (Å²) in [6, 6.07) is 11.0. The van der Waals surface area contributed by atoms with Gasteiger partial charge in [0.25, 0.3) is 0 Å². The van der Waals surface area contributed by atoms with E-state index in [1.807, 2.05) is 0 Å². The number of rotatable bonds is 8. The van der Waals surface area contributed by atoms with Crippen LogP contribution in [0.5, 0.6) is 0 Å². The molecule has 1 aliphatic heterocycles. The zero-order valence-corrected chi connectivity index (χ0v) is 14.8. The topological polar surface area (TPSA) is 44.7 Å². The van der Waals surface area contributed by atoms with Crippen LogP contribution in [0.25, 0.3) is 0 Å². The van der Waals surface area contributed by atoms with Crippen LogP contribution >= 0.6 is 0 Å². The summed E-state index contributed by atoms with van der Waals surface area (Å²) in [5.41, 5.74) is 1.37. The fraction of sp³-hybridized carbons (Fsp3) is 0.684. The number of β-amino-alcohol motifs (C(OH)–C–C–N with tert-alkyl or cyclic N) is 1. The minimum absolute atomic E-state index is 0.0364. The Morgan fingerprint density at radius 3 is 2.48 bits per heavy atom. The van der Waals surface area contributed by atoms with Crippen LogP contribution in [0.4, 0.5) is 0 Å². The lowest BCUT2D eigenvalue weighted by Crippen LogP contribution is -2.49. The second-order valence-electron chi connectivity index (χ2n) is 7.02. The van der Waals surface area contributed by atoms with Gasteiger partial charge in [-0.15, -0.1) is 0 Å². The Morgan fingerprint density at radius 1 is 1.22 bits per heavy atom. The highest BCUT2D eigenvalue weighted by Gasteiger charge is 2.30. The van der Waals surface area contributed by atoms with Gasteiger partial charge >= 0.3 is 0 Å². The molecule has 1 saturated heterocycles. The van der Waals surface area contributed by atoms with Crippen molar-refractivity contribution < 1.29 is 9.84 Å². The number of nitrogens with one attached hydrogen (secondary N) is 1. The molecule has 1 heterocycles. The van der Waals surface area contributed by atoms with Gasteiger partial charge in [0.1, 0.15) is 0 Å². The first-order valence-electron chi connectivity index (χ1n) is 8.81. The van der Waals surface area contributed by atoms with Gasteiger partial charge in [-0.25, -0.2) is 0 Å². The SMILES string of the molecule is CCC(NCC(O)CN1CCOCC1)C(C)(C)c1ccccc1. The fourth-order valence-electron chi connectivity index (χ4n) is 3.40. The lowest BCUT2D eigenvalue weighted by atomic mass is 9.76. The molecule has 4 heteroatoms. The van der Waals surface area contributed by atoms with Gasteiger partial charge in [0.05, 0.1) is 19.3 Å². The molecule has 2 rings (SSSR count). The van der Waals surface area contributed by atoms with Gasteiger partial charge in [-0.1, -0.05) is 51.1 Å². The van der Waals surface area contributed by atoms with E-state index in [0.29, 0.717) is 12.6 Å². The molecular weight excluding hydrogens is 288 g/mol. The Kier molecular flexibility index (Phi) is 7.03. The van der Waals surface area contributed by atoms with Gasteiger partial charge in [-0.3, -0.25) is 4.90 Å². The molecule has 2 unspecified atom stereocenters. The molecule has 0 amide bonds. The highest BCUT2D eigenvalue weighted by Crippen LogP contribution is 2.28. The van der Waals surface area contributed by atoms with Crippen molar-refractivity contribution in [2.45, 2.75) is 44.8 Å². The number of ether oxygens (including phenoxy) is 1. The molecular formula is C19H32N2O2. The summed E-state index contributed by atoms with van der Waals surface area (Å²) in [6.07, 6.45) is 0.695. The number of benzene rings is 1. The molecule has 23 heavy (non-hydrogen) atoms. The second-order valence-corrected chi connectivity index (χ2v) is 7.02. The lowest BCUT2D eigenvalue weighted by Gasteiger charge is -2.36. The molecule has 4 nitrogen and oxygen atoms in total. The minimum atomic E-state index is -0.339. The number of hydrogen-bond acceptors (Lipinski definition) is 4. The van der Waals surface area contributed by atoms with E-state index in [1.54, 1.807) is 0 Å². The Hall–Kier alpha value is -0.940. The first kappa shape index (κ1) is 18.4. The summed E-state index contributed by atoms with van der Waals surface area (Å²) >= 11 is 0. The van der Waals surface area contributed by atoms with Crippen LogP contribution in [-0.4, -0.2) is 61.5 Å². The van der Waals surface area contributed by atoms with Crippen molar-refractivity contribution in [2.24, 2.45) is 0 Å². The molecule has 0 aromatic heterocycles. The minimum Gasteiger partial charge on any atom is -0.390 e. The van der Waals surface area contributed by atoms with Crippen molar-refractivity contribution in [3.8, 4) is 0 Å². The van der Waals surface area contributed by atoms with Gasteiger partial charge in [0.15, 0.2) is 0 Å². The van der Waals surface area contributed by atoms with Crippen LogP contribution in [0.2, 0.25) is 0 Å². The van der Waals surface area contributed by atoms with E-state index in [9.17, 15) is 5.11 Å². The third-order valence-corrected chi connectivity index (χ3v) is 4.97. The second kappa shape index (κ2) is 8.78. The van der Waals surface area contributed by atoms with E-state index >= 15 is 0 Å². The van der Waals surface area contributed by atoms with Crippen molar-refractivity contribution in [3.05, 3.63) is 35.9 Å². The summed E-state index contributed by atoms with van der Waals surface area (Å²) in [5, 5.41) is 13.9. The highest BCUT2D eigenvalue weighted by atomic mass is 16.5. The molecule has 0 spiro atoms. The van der Waals surface area contributed by atoms with E-state index in [4.69, 9.17) is 4.74 Å². The fourth-order valence-corrected chi connectivity index (χ4v) is 3.40. The first-order chi connectivity index (χ1) is 11.0. The summed E-state index contributed by atoms with van der Waals surface area (Å²) in [5.74, 6) is 0. The Balaban J connectivity index is 1.86. The molecule has 1 aliphatic rings. The van der Waals surface area contributed by atoms with Gasteiger partial charge < -0.3 is 15.2 Å². The average Bonchev–Trinajstić information content (AvgIpc) is 2.57. The summed E-state index contributed by atoms with van der Waals surface area (Å²) < 4.78 is 5.35. The quantitative estimate of drug-likeness (QED) is 0.769. The first-order valence-corrected chi connectivity index (χ1v) is 8.81. The molecule has 1 aromatic rings. The van der Waals surface area contributed by atoms with Crippen LogP contribution in [-0.2, 0) is 10.2 Å². The molecule has 1 aromatic carbocycles. The van der Waals surface area contributed by atoms with Crippen molar-refractivity contribution in [3.63, 3.8) is 0 Å². The van der Waals surface area contributed by atoms with E-state index < -0.39 is 0 Å². The van der Waals surface area contributed by atoms with Crippen LogP contribution in [0.3, 0.4) is 0 Å². The molecule has 1 fully saturated rings. The normalized spacial score (nSPS) is 19.5. The van der Waals surface area contributed by atoms with Crippen molar-refractivity contribution >= 4 is 0 Å². The standard InChI is InChI=1S/C19H32N2O2/c1-4-18(19(2,3)16-8-6-5-7-9-16)20-14-17(22)15-21-10-12-23-13-11-21/h5-9,17-18,20,22H,4,10-15H2,1-3H3. The van der Waals surface area contributed by atoms with Crippen molar-refractivity contribution in [1.29, 1.82) is 0 Å². The van der Waals surface area contributed by atoms with E-state index in [2.05, 4.69) is 61.3 Å². The molecule has 2 N–H and O–H groups in total. The van der Waals surface area contributed by atoms with Gasteiger partial charge in [0.2, 0.25) is 0 Å². The van der Waals surface area contributed by atoms with Crippen LogP contribution in [0.15, 0.2) is 30.3 Å². The van der Waals surface area contributed by atoms with E-state index in [-0.39, 0.29) is 11.5 Å². The summed E-state index contributed by atoms with van der Waals surface area (Å²) in [7, 11) is 0. The number of aliphatic hydroxyl groups is 1. The Labute approximate surface area is 140 Å². The van der Waals surface area contributed by atoms with Crippen LogP contribution < -0.4 is 5.32 Å². The van der Waals surface area contributed by atoms with Gasteiger partial charge in [-0.2, -0.15) is 0 Å². The number of hydrogen-bond donors (Lipinski definition) is 2. The molecule has 0 radical (unpaired) electrons. The Morgan fingerprint density at radius 2 is 1.87 bits per heavy atom. The number of morpholine rings is 1. The van der Waals surface area contributed by atoms with Crippen LogP contribution in [0.1, 0.15) is 32.8 Å². The summed E-state index contributed by atoms with van der Waals surface area (Å²) in [6.45, 7) is 11.5. The molecule has 0 bridgehead atoms. The maximum absolute atomic E-state index is 10.3. The van der Waals surface area contributed by atoms with E-state index in [0.717, 1.165) is 39.3 Å². The highest BCUT2D eigenvalue weighted by molar-refractivity contribution is 5.25. The van der Waals surface area contributed by atoms with Gasteiger partial charge in [0, 0.05) is 37.6 Å². The molecule has 2 atom stereocenters. The lowest BCUT2D eigenvalue weighted by molar-refractivity contribution is 0.0140. The predicted octanol–water partition coefficient (Wildman–Crippen LogP) is 2.03. The molecule has 130 valence electrons. The predicted molar refractivity (Wildman–Crippen MR) is 94.8 cm³/mol. The van der Waals surface area contributed by atoms with Crippen LogP contribution in [0, 0.1) is 0 Å². The Bertz CT molecular complexity index is 444.